The molecule has 3 heterocycles. The Bertz CT molecular complexity index is 592. The van der Waals surface area contributed by atoms with Gasteiger partial charge in [0.1, 0.15) is 18.0 Å². The summed E-state index contributed by atoms with van der Waals surface area (Å²) in [6, 6.07) is 7.70. The van der Waals surface area contributed by atoms with Crippen molar-refractivity contribution in [1.82, 2.24) is 9.97 Å². The number of aliphatic hydroxyl groups excluding tert-OH is 1. The van der Waals surface area contributed by atoms with Gasteiger partial charge in [0.15, 0.2) is 0 Å². The zero-order valence-corrected chi connectivity index (χ0v) is 8.47. The van der Waals surface area contributed by atoms with Gasteiger partial charge in [-0.05, 0) is 24.3 Å². The minimum absolute atomic E-state index is 0.106. The predicted octanol–water partition coefficient (Wildman–Crippen LogP) is 2.32. The first-order valence-corrected chi connectivity index (χ1v) is 5.00. The summed E-state index contributed by atoms with van der Waals surface area (Å²) in [5.41, 5.74) is 2.62. The lowest BCUT2D eigenvalue weighted by molar-refractivity contribution is 0.248. The Morgan fingerprint density at radius 3 is 3.12 bits per heavy atom. The third kappa shape index (κ3) is 1.31. The van der Waals surface area contributed by atoms with Crippen molar-refractivity contribution in [2.45, 2.75) is 6.61 Å². The number of fused-ring (bicyclic) bond motifs is 1. The normalized spacial score (nSPS) is 11.1. The first-order valence-electron chi connectivity index (χ1n) is 5.00. The van der Waals surface area contributed by atoms with Gasteiger partial charge in [-0.2, -0.15) is 0 Å². The average molecular weight is 214 g/mol. The molecule has 0 aromatic carbocycles. The molecule has 16 heavy (non-hydrogen) atoms. The molecule has 0 bridgehead atoms. The van der Waals surface area contributed by atoms with E-state index in [1.807, 2.05) is 24.3 Å². The van der Waals surface area contributed by atoms with Crippen molar-refractivity contribution < 1.29 is 9.52 Å². The molecular formula is C12H10N2O2. The highest BCUT2D eigenvalue weighted by molar-refractivity contribution is 5.83. The standard InChI is InChI=1S/C12H10N2O2/c15-7-11-9(3-5-16-11)10-6-8-2-1-4-13-12(8)14-10/h1-6,15H,7H2,(H,13,14). The topological polar surface area (TPSA) is 62.1 Å². The molecule has 0 radical (unpaired) electrons. The Hall–Kier alpha value is -2.07. The summed E-state index contributed by atoms with van der Waals surface area (Å²) in [7, 11) is 0. The van der Waals surface area contributed by atoms with Crippen LogP contribution in [0.2, 0.25) is 0 Å². The smallest absolute Gasteiger partial charge is 0.138 e. The fourth-order valence-electron chi connectivity index (χ4n) is 1.81. The van der Waals surface area contributed by atoms with Crippen molar-refractivity contribution in [3.8, 4) is 11.3 Å². The van der Waals surface area contributed by atoms with Crippen LogP contribution in [0, 0.1) is 0 Å². The number of nitrogens with zero attached hydrogens (tertiary/aromatic N) is 1. The summed E-state index contributed by atoms with van der Waals surface area (Å²) < 4.78 is 5.17. The van der Waals surface area contributed by atoms with E-state index in [4.69, 9.17) is 9.52 Å². The molecule has 4 heteroatoms. The fourth-order valence-corrected chi connectivity index (χ4v) is 1.81. The van der Waals surface area contributed by atoms with Gasteiger partial charge in [-0.25, -0.2) is 4.98 Å². The SMILES string of the molecule is OCc1occc1-c1cc2cccnc2[nH]1. The van der Waals surface area contributed by atoms with Crippen LogP contribution in [0.25, 0.3) is 22.3 Å². The number of pyridine rings is 1. The predicted molar refractivity (Wildman–Crippen MR) is 59.7 cm³/mol. The van der Waals surface area contributed by atoms with Gasteiger partial charge in [-0.3, -0.25) is 0 Å². The quantitative estimate of drug-likeness (QED) is 0.688. The molecule has 0 unspecified atom stereocenters. The number of rotatable bonds is 2. The van der Waals surface area contributed by atoms with Crippen LogP contribution in [0.1, 0.15) is 5.76 Å². The molecule has 80 valence electrons. The molecule has 0 aliphatic rings. The van der Waals surface area contributed by atoms with Crippen molar-refractivity contribution in [3.63, 3.8) is 0 Å². The monoisotopic (exact) mass is 214 g/mol. The number of aromatic amines is 1. The second kappa shape index (κ2) is 3.50. The van der Waals surface area contributed by atoms with Gasteiger partial charge in [-0.15, -0.1) is 0 Å². The summed E-state index contributed by atoms with van der Waals surface area (Å²) in [5.74, 6) is 0.562. The van der Waals surface area contributed by atoms with E-state index in [9.17, 15) is 0 Å². The van der Waals surface area contributed by atoms with Crippen LogP contribution in [0.15, 0.2) is 41.1 Å². The molecule has 3 aromatic heterocycles. The highest BCUT2D eigenvalue weighted by Crippen LogP contribution is 2.26. The number of nitrogens with one attached hydrogen (secondary N) is 1. The second-order valence-corrected chi connectivity index (χ2v) is 3.54. The molecule has 4 nitrogen and oxygen atoms in total. The van der Waals surface area contributed by atoms with E-state index in [-0.39, 0.29) is 6.61 Å². The Morgan fingerprint density at radius 2 is 2.31 bits per heavy atom. The lowest BCUT2D eigenvalue weighted by Gasteiger charge is -1.95. The van der Waals surface area contributed by atoms with Crippen molar-refractivity contribution in [1.29, 1.82) is 0 Å². The Kier molecular flexibility index (Phi) is 2.01. The van der Waals surface area contributed by atoms with E-state index in [0.717, 1.165) is 22.3 Å². The molecule has 2 N–H and O–H groups in total. The first-order chi connectivity index (χ1) is 7.88. The van der Waals surface area contributed by atoms with Gasteiger partial charge in [-0.1, -0.05) is 0 Å². The Labute approximate surface area is 91.6 Å². The summed E-state index contributed by atoms with van der Waals surface area (Å²) >= 11 is 0. The van der Waals surface area contributed by atoms with Crippen LogP contribution in [0.3, 0.4) is 0 Å². The maximum absolute atomic E-state index is 9.12. The largest absolute Gasteiger partial charge is 0.466 e. The van der Waals surface area contributed by atoms with Crippen LogP contribution in [0.5, 0.6) is 0 Å². The van der Waals surface area contributed by atoms with Crippen molar-refractivity contribution in [2.75, 3.05) is 0 Å². The van der Waals surface area contributed by atoms with Crippen LogP contribution in [-0.2, 0) is 6.61 Å². The molecule has 0 saturated heterocycles. The van der Waals surface area contributed by atoms with Crippen LogP contribution in [0.4, 0.5) is 0 Å². The van der Waals surface area contributed by atoms with E-state index in [1.54, 1.807) is 12.5 Å². The fraction of sp³-hybridized carbons (Fsp3) is 0.0833. The zero-order chi connectivity index (χ0) is 11.0. The van der Waals surface area contributed by atoms with Crippen LogP contribution >= 0.6 is 0 Å². The van der Waals surface area contributed by atoms with Crippen LogP contribution in [-0.4, -0.2) is 15.1 Å². The summed E-state index contributed by atoms with van der Waals surface area (Å²) in [6.45, 7) is -0.106. The van der Waals surface area contributed by atoms with E-state index in [1.165, 1.54) is 0 Å². The molecule has 0 saturated carbocycles. The van der Waals surface area contributed by atoms with Gasteiger partial charge in [0.05, 0.1) is 12.0 Å². The highest BCUT2D eigenvalue weighted by Gasteiger charge is 2.10. The molecule has 3 rings (SSSR count). The van der Waals surface area contributed by atoms with Gasteiger partial charge in [0.2, 0.25) is 0 Å². The van der Waals surface area contributed by atoms with E-state index < -0.39 is 0 Å². The Balaban J connectivity index is 2.19. The first kappa shape index (κ1) is 9.18. The lowest BCUT2D eigenvalue weighted by atomic mass is 10.2. The third-order valence-corrected chi connectivity index (χ3v) is 2.57. The zero-order valence-electron chi connectivity index (χ0n) is 8.47. The molecular weight excluding hydrogens is 204 g/mol. The Morgan fingerprint density at radius 1 is 1.38 bits per heavy atom. The summed E-state index contributed by atoms with van der Waals surface area (Å²) in [6.07, 6.45) is 3.31. The third-order valence-electron chi connectivity index (χ3n) is 2.57. The van der Waals surface area contributed by atoms with E-state index >= 15 is 0 Å². The number of furan rings is 1. The molecule has 0 spiro atoms. The maximum Gasteiger partial charge on any atom is 0.138 e. The van der Waals surface area contributed by atoms with Gasteiger partial charge >= 0.3 is 0 Å². The molecule has 0 aliphatic carbocycles. The van der Waals surface area contributed by atoms with Gasteiger partial charge in [0, 0.05) is 17.1 Å². The minimum Gasteiger partial charge on any atom is -0.466 e. The van der Waals surface area contributed by atoms with Gasteiger partial charge in [0.25, 0.3) is 0 Å². The summed E-state index contributed by atoms with van der Waals surface area (Å²) in [4.78, 5) is 7.41. The number of hydrogen-bond acceptors (Lipinski definition) is 3. The average Bonchev–Trinajstić information content (AvgIpc) is 2.94. The van der Waals surface area contributed by atoms with Crippen molar-refractivity contribution >= 4 is 11.0 Å². The molecule has 0 aliphatic heterocycles. The molecule has 0 amide bonds. The number of aliphatic hydroxyl groups is 1. The van der Waals surface area contributed by atoms with Gasteiger partial charge < -0.3 is 14.5 Å². The highest BCUT2D eigenvalue weighted by atomic mass is 16.4. The molecule has 0 atom stereocenters. The maximum atomic E-state index is 9.12. The van der Waals surface area contributed by atoms with Crippen molar-refractivity contribution in [2.24, 2.45) is 0 Å². The van der Waals surface area contributed by atoms with E-state index in [0.29, 0.717) is 5.76 Å². The molecule has 3 aromatic rings. The van der Waals surface area contributed by atoms with Crippen LogP contribution < -0.4 is 0 Å². The number of aromatic nitrogens is 2. The lowest BCUT2D eigenvalue weighted by Crippen LogP contribution is -1.83. The molecule has 0 fully saturated rings. The van der Waals surface area contributed by atoms with E-state index in [2.05, 4.69) is 9.97 Å². The minimum atomic E-state index is -0.106. The second-order valence-electron chi connectivity index (χ2n) is 3.54. The van der Waals surface area contributed by atoms with Crippen molar-refractivity contribution in [3.05, 3.63) is 42.5 Å². The number of H-pyrrole nitrogens is 1. The summed E-state index contributed by atoms with van der Waals surface area (Å²) in [5, 5.41) is 10.2. The number of hydrogen-bond donors (Lipinski definition) is 2.